The van der Waals surface area contributed by atoms with Crippen LogP contribution in [0.1, 0.15) is 0 Å². The largest absolute Gasteiger partial charge is 0.491 e. The lowest BCUT2D eigenvalue weighted by atomic mass is 10.3. The van der Waals surface area contributed by atoms with E-state index in [9.17, 15) is 0 Å². The van der Waals surface area contributed by atoms with Crippen molar-refractivity contribution in [3.05, 3.63) is 43.0 Å². The van der Waals surface area contributed by atoms with Crippen LogP contribution in [0.25, 0.3) is 0 Å². The van der Waals surface area contributed by atoms with E-state index in [1.807, 2.05) is 30.3 Å². The number of para-hydroxylation sites is 1. The van der Waals surface area contributed by atoms with Gasteiger partial charge in [-0.25, -0.2) is 0 Å². The van der Waals surface area contributed by atoms with Crippen LogP contribution in [0.3, 0.4) is 0 Å². The smallest absolute Gasteiger partial charge is 0.119 e. The van der Waals surface area contributed by atoms with Crippen LogP contribution in [-0.2, 0) is 37.9 Å². The fourth-order valence-corrected chi connectivity index (χ4v) is 2.44. The summed E-state index contributed by atoms with van der Waals surface area (Å²) in [6, 6.07) is 9.68. The zero-order chi connectivity index (χ0) is 24.2. The molecule has 34 heavy (non-hydrogen) atoms. The summed E-state index contributed by atoms with van der Waals surface area (Å²) in [6.45, 7) is 12.7. The van der Waals surface area contributed by atoms with Crippen molar-refractivity contribution in [3.8, 4) is 5.75 Å². The Kier molecular flexibility index (Phi) is 23.3. The van der Waals surface area contributed by atoms with Gasteiger partial charge in [0.05, 0.1) is 106 Å². The van der Waals surface area contributed by atoms with Gasteiger partial charge in [-0.05, 0) is 12.1 Å². The lowest BCUT2D eigenvalue weighted by Gasteiger charge is -2.09. The van der Waals surface area contributed by atoms with Gasteiger partial charge in [-0.1, -0.05) is 24.3 Å². The Morgan fingerprint density at radius 3 is 1.12 bits per heavy atom. The average Bonchev–Trinajstić information content (AvgIpc) is 2.87. The van der Waals surface area contributed by atoms with E-state index >= 15 is 0 Å². The second-order valence-electron chi connectivity index (χ2n) is 6.81. The molecule has 1 aromatic carbocycles. The molecular formula is C25H42O9. The molecule has 0 aliphatic rings. The van der Waals surface area contributed by atoms with Crippen LogP contribution in [0, 0.1) is 0 Å². The molecule has 0 fully saturated rings. The Balaban J connectivity index is 1.64. The molecule has 0 aliphatic heterocycles. The summed E-state index contributed by atoms with van der Waals surface area (Å²) in [5.41, 5.74) is 0. The van der Waals surface area contributed by atoms with Crippen LogP contribution < -0.4 is 4.74 Å². The Morgan fingerprint density at radius 1 is 0.441 bits per heavy atom. The van der Waals surface area contributed by atoms with E-state index in [1.165, 1.54) is 0 Å². The van der Waals surface area contributed by atoms with Gasteiger partial charge >= 0.3 is 0 Å². The third-order valence-electron chi connectivity index (χ3n) is 4.08. The lowest BCUT2D eigenvalue weighted by Crippen LogP contribution is -2.15. The first-order chi connectivity index (χ1) is 16.9. The van der Waals surface area contributed by atoms with Crippen molar-refractivity contribution in [2.24, 2.45) is 0 Å². The highest BCUT2D eigenvalue weighted by atomic mass is 16.6. The minimum Gasteiger partial charge on any atom is -0.491 e. The van der Waals surface area contributed by atoms with Gasteiger partial charge in [0.15, 0.2) is 0 Å². The molecule has 0 amide bonds. The van der Waals surface area contributed by atoms with E-state index in [4.69, 9.17) is 42.6 Å². The van der Waals surface area contributed by atoms with Gasteiger partial charge in [0.25, 0.3) is 0 Å². The molecule has 1 rings (SSSR count). The summed E-state index contributed by atoms with van der Waals surface area (Å²) >= 11 is 0. The quantitative estimate of drug-likeness (QED) is 0.137. The Bertz CT molecular complexity index is 530. The Hall–Kier alpha value is -1.56. The molecule has 9 heteroatoms. The molecule has 9 nitrogen and oxygen atoms in total. The van der Waals surface area contributed by atoms with Crippen LogP contribution in [0.2, 0.25) is 0 Å². The fourth-order valence-electron chi connectivity index (χ4n) is 2.44. The molecule has 0 heterocycles. The van der Waals surface area contributed by atoms with Crippen LogP contribution >= 0.6 is 0 Å². The summed E-state index contributed by atoms with van der Waals surface area (Å²) in [4.78, 5) is 0. The normalized spacial score (nSPS) is 11.1. The van der Waals surface area contributed by atoms with Gasteiger partial charge in [0, 0.05) is 0 Å². The van der Waals surface area contributed by atoms with Crippen molar-refractivity contribution < 1.29 is 42.6 Å². The number of rotatable bonds is 27. The molecule has 1 aromatic rings. The molecule has 0 atom stereocenters. The van der Waals surface area contributed by atoms with Gasteiger partial charge in [0.2, 0.25) is 0 Å². The first-order valence-corrected chi connectivity index (χ1v) is 11.8. The van der Waals surface area contributed by atoms with E-state index < -0.39 is 0 Å². The number of hydrogen-bond donors (Lipinski definition) is 0. The second-order valence-corrected chi connectivity index (χ2v) is 6.81. The highest BCUT2D eigenvalue weighted by Crippen LogP contribution is 2.07. The van der Waals surface area contributed by atoms with Gasteiger partial charge in [-0.15, -0.1) is 6.58 Å². The van der Waals surface area contributed by atoms with Crippen molar-refractivity contribution in [1.82, 2.24) is 0 Å². The zero-order valence-electron chi connectivity index (χ0n) is 20.4. The van der Waals surface area contributed by atoms with Crippen LogP contribution in [0.5, 0.6) is 5.75 Å². The number of benzene rings is 1. The molecule has 0 aromatic heterocycles. The summed E-state index contributed by atoms with van der Waals surface area (Å²) in [6.07, 6.45) is 1.71. The molecule has 0 unspecified atom stereocenters. The van der Waals surface area contributed by atoms with E-state index in [1.54, 1.807) is 6.08 Å². The third kappa shape index (κ3) is 22.2. The highest BCUT2D eigenvalue weighted by molar-refractivity contribution is 5.20. The molecule has 0 aliphatic carbocycles. The van der Waals surface area contributed by atoms with Crippen LogP contribution in [0.4, 0.5) is 0 Å². The average molecular weight is 487 g/mol. The van der Waals surface area contributed by atoms with E-state index in [2.05, 4.69) is 6.58 Å². The maximum Gasteiger partial charge on any atom is 0.119 e. The third-order valence-corrected chi connectivity index (χ3v) is 4.08. The SMILES string of the molecule is C=CCOCCOCCOCCOCCOCCOCCOCCOCCOc1ccccc1. The minimum atomic E-state index is 0.523. The molecule has 0 bridgehead atoms. The van der Waals surface area contributed by atoms with Crippen LogP contribution in [-0.4, -0.2) is 112 Å². The molecule has 0 N–H and O–H groups in total. The van der Waals surface area contributed by atoms with E-state index in [0.29, 0.717) is 112 Å². The maximum atomic E-state index is 5.54. The molecule has 0 spiro atoms. The zero-order valence-corrected chi connectivity index (χ0v) is 20.4. The molecule has 0 radical (unpaired) electrons. The van der Waals surface area contributed by atoms with Crippen molar-refractivity contribution in [2.75, 3.05) is 112 Å². The van der Waals surface area contributed by atoms with Gasteiger partial charge < -0.3 is 42.6 Å². The first-order valence-electron chi connectivity index (χ1n) is 11.8. The first kappa shape index (κ1) is 30.5. The Morgan fingerprint density at radius 2 is 0.765 bits per heavy atom. The van der Waals surface area contributed by atoms with E-state index in [-0.39, 0.29) is 0 Å². The van der Waals surface area contributed by atoms with Gasteiger partial charge in [0.1, 0.15) is 12.4 Å². The van der Waals surface area contributed by atoms with Crippen LogP contribution in [0.15, 0.2) is 43.0 Å². The van der Waals surface area contributed by atoms with Crippen molar-refractivity contribution in [3.63, 3.8) is 0 Å². The lowest BCUT2D eigenvalue weighted by molar-refractivity contribution is -0.0231. The predicted molar refractivity (Wildman–Crippen MR) is 129 cm³/mol. The monoisotopic (exact) mass is 486 g/mol. The topological polar surface area (TPSA) is 83.1 Å². The highest BCUT2D eigenvalue weighted by Gasteiger charge is 1.96. The minimum absolute atomic E-state index is 0.523. The summed E-state index contributed by atoms with van der Waals surface area (Å²) < 4.78 is 48.7. The predicted octanol–water partition coefficient (Wildman–Crippen LogP) is 2.38. The maximum absolute atomic E-state index is 5.54. The molecule has 0 saturated carbocycles. The summed E-state index contributed by atoms with van der Waals surface area (Å²) in [5.74, 6) is 0.848. The molecular weight excluding hydrogens is 444 g/mol. The molecule has 196 valence electrons. The standard InChI is InChI=1S/C25H42O9/c1-2-8-26-9-10-27-11-12-28-13-14-29-15-16-30-17-18-31-19-20-32-21-22-33-23-24-34-25-6-4-3-5-7-25/h2-7H,1,8-24H2. The second kappa shape index (κ2) is 26.1. The number of ether oxygens (including phenoxy) is 9. The summed E-state index contributed by atoms with van der Waals surface area (Å²) in [5, 5.41) is 0. The van der Waals surface area contributed by atoms with Crippen molar-refractivity contribution in [2.45, 2.75) is 0 Å². The van der Waals surface area contributed by atoms with Gasteiger partial charge in [-0.2, -0.15) is 0 Å². The molecule has 0 saturated heterocycles. The van der Waals surface area contributed by atoms with Gasteiger partial charge in [-0.3, -0.25) is 0 Å². The fraction of sp³-hybridized carbons (Fsp3) is 0.680. The van der Waals surface area contributed by atoms with Crippen molar-refractivity contribution in [1.29, 1.82) is 0 Å². The Labute approximate surface area is 204 Å². The van der Waals surface area contributed by atoms with Crippen molar-refractivity contribution >= 4 is 0 Å². The summed E-state index contributed by atoms with van der Waals surface area (Å²) in [7, 11) is 0. The van der Waals surface area contributed by atoms with E-state index in [0.717, 1.165) is 5.75 Å². The number of hydrogen-bond acceptors (Lipinski definition) is 9.